The van der Waals surface area contributed by atoms with Gasteiger partial charge in [-0.2, -0.15) is 0 Å². The van der Waals surface area contributed by atoms with Gasteiger partial charge < -0.3 is 9.32 Å². The second-order valence-electron chi connectivity index (χ2n) is 7.00. The van der Waals surface area contributed by atoms with E-state index in [2.05, 4.69) is 15.2 Å². The van der Waals surface area contributed by atoms with Gasteiger partial charge in [0, 0.05) is 13.1 Å². The Labute approximate surface area is 161 Å². The molecular weight excluding hydrogens is 354 g/mol. The summed E-state index contributed by atoms with van der Waals surface area (Å²) < 4.78 is 7.71. The van der Waals surface area contributed by atoms with Crippen LogP contribution in [-0.4, -0.2) is 43.6 Å². The molecule has 0 spiro atoms. The van der Waals surface area contributed by atoms with Gasteiger partial charge in [-0.15, -0.1) is 10.2 Å². The molecule has 28 heavy (non-hydrogen) atoms. The van der Waals surface area contributed by atoms with Crippen LogP contribution >= 0.6 is 0 Å². The molecule has 4 aromatic rings. The third-order valence-electron chi connectivity index (χ3n) is 5.20. The minimum Gasteiger partial charge on any atom is -0.440 e. The molecule has 5 rings (SSSR count). The summed E-state index contributed by atoms with van der Waals surface area (Å²) in [6, 6.07) is 15.3. The second-order valence-corrected chi connectivity index (χ2v) is 7.00. The van der Waals surface area contributed by atoms with E-state index in [1.165, 1.54) is 0 Å². The van der Waals surface area contributed by atoms with E-state index in [-0.39, 0.29) is 11.8 Å². The van der Waals surface area contributed by atoms with E-state index in [4.69, 9.17) is 4.42 Å². The highest BCUT2D eigenvalue weighted by Crippen LogP contribution is 2.30. The van der Waals surface area contributed by atoms with Gasteiger partial charge in [-0.1, -0.05) is 24.3 Å². The molecule has 0 N–H and O–H groups in total. The van der Waals surface area contributed by atoms with E-state index in [1.54, 1.807) is 17.2 Å². The minimum atomic E-state index is 0.00473. The average Bonchev–Trinajstić information content (AvgIpc) is 3.43. The lowest BCUT2D eigenvalue weighted by Crippen LogP contribution is -2.39. The first kappa shape index (κ1) is 16.7. The van der Waals surface area contributed by atoms with Gasteiger partial charge in [0.05, 0.1) is 17.2 Å². The molecule has 140 valence electrons. The molecule has 0 saturated carbocycles. The Hall–Kier alpha value is -3.48. The van der Waals surface area contributed by atoms with Gasteiger partial charge in [-0.25, -0.2) is 4.98 Å². The first-order valence-corrected chi connectivity index (χ1v) is 9.38. The predicted molar refractivity (Wildman–Crippen MR) is 103 cm³/mol. The summed E-state index contributed by atoms with van der Waals surface area (Å²) in [6.07, 6.45) is 5.08. The zero-order valence-corrected chi connectivity index (χ0v) is 15.2. The van der Waals surface area contributed by atoms with Crippen LogP contribution in [0.3, 0.4) is 0 Å². The number of benzene rings is 2. The Bertz CT molecular complexity index is 1090. The number of rotatable bonds is 3. The molecule has 1 aliphatic rings. The molecule has 0 aliphatic carbocycles. The number of likely N-dealkylation sites (tertiary alicyclic amines) is 1. The fraction of sp³-hybridized carbons (Fsp3) is 0.238. The molecule has 7 nitrogen and oxygen atoms in total. The molecular formula is C21H19N5O2. The molecule has 1 unspecified atom stereocenters. The van der Waals surface area contributed by atoms with Crippen LogP contribution in [-0.2, 0) is 0 Å². The van der Waals surface area contributed by atoms with E-state index >= 15 is 0 Å². The number of hydrogen-bond donors (Lipinski definition) is 0. The number of nitrogens with zero attached hydrogens (tertiary/aromatic N) is 5. The summed E-state index contributed by atoms with van der Waals surface area (Å²) in [6.45, 7) is 1.33. The van der Waals surface area contributed by atoms with Crippen LogP contribution in [0.1, 0.15) is 35.0 Å². The van der Waals surface area contributed by atoms with Crippen molar-refractivity contribution in [2.45, 2.75) is 18.8 Å². The standard InChI is InChI=1S/C21H19N5O2/c27-21(16-7-1-3-9-18(16)26-13-22-23-14-26)25-11-5-6-15(12-25)20-24-17-8-2-4-10-19(17)28-20/h1-4,7-10,13-15H,5-6,11-12H2. The van der Waals surface area contributed by atoms with Crippen LogP contribution in [0, 0.1) is 0 Å². The van der Waals surface area contributed by atoms with Crippen LogP contribution in [0.5, 0.6) is 0 Å². The smallest absolute Gasteiger partial charge is 0.256 e. The Morgan fingerprint density at radius 2 is 1.82 bits per heavy atom. The van der Waals surface area contributed by atoms with E-state index in [0.717, 1.165) is 36.2 Å². The van der Waals surface area contributed by atoms with Crippen molar-refractivity contribution in [2.75, 3.05) is 13.1 Å². The van der Waals surface area contributed by atoms with Crippen molar-refractivity contribution in [1.82, 2.24) is 24.6 Å². The molecule has 1 aliphatic heterocycles. The number of oxazole rings is 1. The minimum absolute atomic E-state index is 0.00473. The molecule has 0 radical (unpaired) electrons. The second kappa shape index (κ2) is 6.92. The fourth-order valence-electron chi connectivity index (χ4n) is 3.80. The quantitative estimate of drug-likeness (QED) is 0.550. The van der Waals surface area contributed by atoms with Crippen LogP contribution in [0.4, 0.5) is 0 Å². The summed E-state index contributed by atoms with van der Waals surface area (Å²) >= 11 is 0. The summed E-state index contributed by atoms with van der Waals surface area (Å²) in [5, 5.41) is 7.70. The first-order valence-electron chi connectivity index (χ1n) is 9.38. The van der Waals surface area contributed by atoms with Crippen molar-refractivity contribution in [3.8, 4) is 5.69 Å². The van der Waals surface area contributed by atoms with Crippen LogP contribution in [0.25, 0.3) is 16.8 Å². The number of carbonyl (C=O) groups excluding carboxylic acids is 1. The topological polar surface area (TPSA) is 77.1 Å². The van der Waals surface area contributed by atoms with E-state index in [1.807, 2.05) is 53.4 Å². The molecule has 0 bridgehead atoms. The van der Waals surface area contributed by atoms with E-state index in [0.29, 0.717) is 18.0 Å². The molecule has 1 fully saturated rings. The Balaban J connectivity index is 1.42. The van der Waals surface area contributed by atoms with Gasteiger partial charge >= 0.3 is 0 Å². The summed E-state index contributed by atoms with van der Waals surface area (Å²) in [4.78, 5) is 19.8. The third kappa shape index (κ3) is 2.94. The summed E-state index contributed by atoms with van der Waals surface area (Å²) in [5.74, 6) is 0.822. The largest absolute Gasteiger partial charge is 0.440 e. The lowest BCUT2D eigenvalue weighted by molar-refractivity contribution is 0.0699. The van der Waals surface area contributed by atoms with Gasteiger partial charge in [0.2, 0.25) is 0 Å². The number of hydrogen-bond acceptors (Lipinski definition) is 5. The average molecular weight is 373 g/mol. The summed E-state index contributed by atoms with van der Waals surface area (Å²) in [7, 11) is 0. The van der Waals surface area contributed by atoms with Crippen LogP contribution in [0.15, 0.2) is 65.6 Å². The van der Waals surface area contributed by atoms with Gasteiger partial charge in [0.25, 0.3) is 5.91 Å². The number of piperidine rings is 1. The Morgan fingerprint density at radius 3 is 2.68 bits per heavy atom. The van der Waals surface area contributed by atoms with Crippen molar-refractivity contribution in [2.24, 2.45) is 0 Å². The maximum atomic E-state index is 13.3. The number of aromatic nitrogens is 4. The maximum Gasteiger partial charge on any atom is 0.256 e. The number of para-hydroxylation sites is 3. The van der Waals surface area contributed by atoms with Gasteiger partial charge in [-0.3, -0.25) is 9.36 Å². The molecule has 1 atom stereocenters. The molecule has 1 amide bonds. The highest BCUT2D eigenvalue weighted by Gasteiger charge is 2.29. The van der Waals surface area contributed by atoms with Crippen molar-refractivity contribution in [1.29, 1.82) is 0 Å². The summed E-state index contributed by atoms with van der Waals surface area (Å²) in [5.41, 5.74) is 3.07. The first-order chi connectivity index (χ1) is 13.8. The third-order valence-corrected chi connectivity index (χ3v) is 5.20. The lowest BCUT2D eigenvalue weighted by Gasteiger charge is -2.31. The molecule has 7 heteroatoms. The Morgan fingerprint density at radius 1 is 1.04 bits per heavy atom. The molecule has 1 saturated heterocycles. The van der Waals surface area contributed by atoms with Crippen LogP contribution < -0.4 is 0 Å². The molecule has 2 aromatic carbocycles. The number of carbonyl (C=O) groups is 1. The normalized spacial score (nSPS) is 17.1. The Kier molecular flexibility index (Phi) is 4.12. The number of amides is 1. The van der Waals surface area contributed by atoms with Crippen molar-refractivity contribution in [3.63, 3.8) is 0 Å². The fourth-order valence-corrected chi connectivity index (χ4v) is 3.80. The highest BCUT2D eigenvalue weighted by molar-refractivity contribution is 5.97. The molecule has 2 aromatic heterocycles. The number of fused-ring (bicyclic) bond motifs is 1. The van der Waals surface area contributed by atoms with Gasteiger partial charge in [-0.05, 0) is 37.1 Å². The predicted octanol–water partition coefficient (Wildman–Crippen LogP) is 3.43. The SMILES string of the molecule is O=C(c1ccccc1-n1cnnc1)N1CCCC(c2nc3ccccc3o2)C1. The van der Waals surface area contributed by atoms with Gasteiger partial charge in [0.15, 0.2) is 11.5 Å². The highest BCUT2D eigenvalue weighted by atomic mass is 16.3. The van der Waals surface area contributed by atoms with Crippen molar-refractivity contribution in [3.05, 3.63) is 72.6 Å². The van der Waals surface area contributed by atoms with Gasteiger partial charge in [0.1, 0.15) is 18.2 Å². The van der Waals surface area contributed by atoms with Crippen molar-refractivity contribution >= 4 is 17.0 Å². The zero-order valence-electron chi connectivity index (χ0n) is 15.2. The lowest BCUT2D eigenvalue weighted by atomic mass is 9.97. The molecule has 3 heterocycles. The van der Waals surface area contributed by atoms with Crippen LogP contribution in [0.2, 0.25) is 0 Å². The monoisotopic (exact) mass is 373 g/mol. The zero-order chi connectivity index (χ0) is 18.9. The van der Waals surface area contributed by atoms with E-state index < -0.39 is 0 Å². The van der Waals surface area contributed by atoms with Crippen molar-refractivity contribution < 1.29 is 9.21 Å². The van der Waals surface area contributed by atoms with E-state index in [9.17, 15) is 4.79 Å². The maximum absolute atomic E-state index is 13.3.